The second-order valence-corrected chi connectivity index (χ2v) is 9.74. The molecule has 1 heterocycles. The maximum Gasteiger partial charge on any atom is 0.317 e. The summed E-state index contributed by atoms with van der Waals surface area (Å²) in [6.07, 6.45) is 2.38. The number of amides is 1. The fourth-order valence-corrected chi connectivity index (χ4v) is 4.92. The number of rotatable bonds is 3. The van der Waals surface area contributed by atoms with Crippen LogP contribution in [0.4, 0.5) is 0 Å². The number of nitrogens with zero attached hydrogens (tertiary/aromatic N) is 1. The first-order chi connectivity index (χ1) is 12.5. The largest absolute Gasteiger partial charge is 0.459 e. The molecule has 2 aliphatic rings. The molecule has 2 fully saturated rings. The summed E-state index contributed by atoms with van der Waals surface area (Å²) in [6, 6.07) is 7.94. The number of benzene rings is 1. The maximum atomic E-state index is 13.2. The highest BCUT2D eigenvalue weighted by Crippen LogP contribution is 2.58. The predicted molar refractivity (Wildman–Crippen MR) is 106 cm³/mol. The molecule has 0 radical (unpaired) electrons. The monoisotopic (exact) mass is 437 g/mol. The molecule has 1 saturated carbocycles. The number of esters is 1. The Labute approximate surface area is 169 Å². The van der Waals surface area contributed by atoms with Crippen molar-refractivity contribution in [2.45, 2.75) is 64.2 Å². The molecule has 1 saturated heterocycles. The van der Waals surface area contributed by atoms with Crippen LogP contribution in [0.5, 0.6) is 0 Å². The molecule has 1 aliphatic carbocycles. The van der Waals surface area contributed by atoms with E-state index in [4.69, 9.17) is 4.74 Å². The standard InChI is InChI=1S/C21H28BrNO4/c1-19(2,3)27-18(25)20-11-9-15(13-14-5-7-16(22)8-6-14)21(20,26)23(4)17(24)10-12-20/h5-8,15,26H,9-13H2,1-4H3/t15-,20+,21-/m1/s1. The van der Waals surface area contributed by atoms with E-state index < -0.39 is 22.7 Å². The summed E-state index contributed by atoms with van der Waals surface area (Å²) in [7, 11) is 1.61. The van der Waals surface area contributed by atoms with Crippen LogP contribution in [0.2, 0.25) is 0 Å². The van der Waals surface area contributed by atoms with E-state index in [2.05, 4.69) is 15.9 Å². The summed E-state index contributed by atoms with van der Waals surface area (Å²) in [5.74, 6) is -0.741. The maximum absolute atomic E-state index is 13.2. The van der Waals surface area contributed by atoms with E-state index in [0.717, 1.165) is 10.0 Å². The van der Waals surface area contributed by atoms with Gasteiger partial charge in [-0.1, -0.05) is 28.1 Å². The number of carbonyl (C=O) groups excluding carboxylic acids is 2. The number of hydrogen-bond donors (Lipinski definition) is 1. The Morgan fingerprint density at radius 1 is 1.30 bits per heavy atom. The molecule has 0 aromatic heterocycles. The molecule has 3 atom stereocenters. The van der Waals surface area contributed by atoms with E-state index in [-0.39, 0.29) is 18.2 Å². The molecule has 0 unspecified atom stereocenters. The summed E-state index contributed by atoms with van der Waals surface area (Å²) in [5, 5.41) is 11.8. The van der Waals surface area contributed by atoms with Crippen LogP contribution in [0.3, 0.4) is 0 Å². The number of hydrogen-bond acceptors (Lipinski definition) is 4. The molecule has 0 bridgehead atoms. The number of likely N-dealkylation sites (tertiary alicyclic amines) is 1. The van der Waals surface area contributed by atoms with Gasteiger partial charge in [0.2, 0.25) is 5.91 Å². The molecular formula is C21H28BrNO4. The second kappa shape index (κ2) is 6.89. The van der Waals surface area contributed by atoms with Gasteiger partial charge in [-0.15, -0.1) is 0 Å². The molecule has 1 N–H and O–H groups in total. The Kier molecular flexibility index (Phi) is 5.19. The van der Waals surface area contributed by atoms with Crippen LogP contribution in [0.15, 0.2) is 28.7 Å². The van der Waals surface area contributed by atoms with Gasteiger partial charge < -0.3 is 14.7 Å². The molecule has 5 nitrogen and oxygen atoms in total. The fraction of sp³-hybridized carbons (Fsp3) is 0.619. The van der Waals surface area contributed by atoms with Crippen LogP contribution in [-0.2, 0) is 20.7 Å². The highest BCUT2D eigenvalue weighted by Gasteiger charge is 2.69. The highest BCUT2D eigenvalue weighted by molar-refractivity contribution is 9.10. The Morgan fingerprint density at radius 3 is 2.52 bits per heavy atom. The van der Waals surface area contributed by atoms with Crippen molar-refractivity contribution in [1.29, 1.82) is 0 Å². The van der Waals surface area contributed by atoms with Crippen molar-refractivity contribution < 1.29 is 19.4 Å². The first-order valence-electron chi connectivity index (χ1n) is 9.46. The van der Waals surface area contributed by atoms with Crippen molar-refractivity contribution in [3.05, 3.63) is 34.3 Å². The summed E-state index contributed by atoms with van der Waals surface area (Å²) in [5.41, 5.74) is -2.17. The number of aliphatic hydroxyl groups is 1. The molecule has 1 aliphatic heterocycles. The summed E-state index contributed by atoms with van der Waals surface area (Å²) < 4.78 is 6.69. The number of carbonyl (C=O) groups is 2. The summed E-state index contributed by atoms with van der Waals surface area (Å²) in [6.45, 7) is 5.48. The van der Waals surface area contributed by atoms with Gasteiger partial charge in [-0.25, -0.2) is 0 Å². The lowest BCUT2D eigenvalue weighted by molar-refractivity contribution is -0.231. The Bertz CT molecular complexity index is 742. The third kappa shape index (κ3) is 3.42. The van der Waals surface area contributed by atoms with Gasteiger partial charge >= 0.3 is 5.97 Å². The van der Waals surface area contributed by atoms with Gasteiger partial charge in [-0.05, 0) is 64.2 Å². The molecule has 3 rings (SSSR count). The first-order valence-corrected chi connectivity index (χ1v) is 10.3. The first kappa shape index (κ1) is 20.3. The smallest absolute Gasteiger partial charge is 0.317 e. The van der Waals surface area contributed by atoms with E-state index in [1.807, 2.05) is 45.0 Å². The van der Waals surface area contributed by atoms with Gasteiger partial charge in [0.05, 0.1) is 0 Å². The normalized spacial score (nSPS) is 31.0. The summed E-state index contributed by atoms with van der Waals surface area (Å²) in [4.78, 5) is 27.0. The zero-order valence-corrected chi connectivity index (χ0v) is 18.0. The predicted octanol–water partition coefficient (Wildman–Crippen LogP) is 3.67. The number of ether oxygens (including phenoxy) is 1. The fourth-order valence-electron chi connectivity index (χ4n) is 4.66. The third-order valence-electron chi connectivity index (χ3n) is 6.03. The van der Waals surface area contributed by atoms with Crippen molar-refractivity contribution in [2.24, 2.45) is 11.3 Å². The SMILES string of the molecule is CN1C(=O)CC[C@]2(C(=O)OC(C)(C)C)CC[C@H](Cc3ccc(Br)cc3)[C@]12O. The lowest BCUT2D eigenvalue weighted by Gasteiger charge is -2.52. The van der Waals surface area contributed by atoms with Crippen molar-refractivity contribution in [2.75, 3.05) is 7.05 Å². The highest BCUT2D eigenvalue weighted by atomic mass is 79.9. The zero-order chi connectivity index (χ0) is 20.0. The van der Waals surface area contributed by atoms with Crippen LogP contribution >= 0.6 is 15.9 Å². The Hall–Kier alpha value is -1.40. The number of piperidine rings is 1. The quantitative estimate of drug-likeness (QED) is 0.732. The van der Waals surface area contributed by atoms with Gasteiger partial charge in [-0.3, -0.25) is 9.59 Å². The Morgan fingerprint density at radius 2 is 1.93 bits per heavy atom. The van der Waals surface area contributed by atoms with E-state index in [1.54, 1.807) is 7.05 Å². The topological polar surface area (TPSA) is 66.8 Å². The van der Waals surface area contributed by atoms with E-state index in [0.29, 0.717) is 25.7 Å². The second-order valence-electron chi connectivity index (χ2n) is 8.83. The van der Waals surface area contributed by atoms with Crippen LogP contribution in [0.1, 0.15) is 52.0 Å². The van der Waals surface area contributed by atoms with E-state index in [1.165, 1.54) is 4.90 Å². The van der Waals surface area contributed by atoms with Crippen LogP contribution in [0.25, 0.3) is 0 Å². The van der Waals surface area contributed by atoms with Crippen LogP contribution in [0, 0.1) is 11.3 Å². The summed E-state index contributed by atoms with van der Waals surface area (Å²) >= 11 is 3.43. The van der Waals surface area contributed by atoms with Crippen LogP contribution < -0.4 is 0 Å². The molecule has 0 spiro atoms. The number of fused-ring (bicyclic) bond motifs is 1. The lowest BCUT2D eigenvalue weighted by atomic mass is 9.69. The van der Waals surface area contributed by atoms with Crippen LogP contribution in [-0.4, -0.2) is 40.3 Å². The lowest BCUT2D eigenvalue weighted by Crippen LogP contribution is -2.67. The average Bonchev–Trinajstić information content (AvgIpc) is 2.87. The van der Waals surface area contributed by atoms with Gasteiger partial charge in [0.15, 0.2) is 5.72 Å². The minimum absolute atomic E-state index is 0.126. The van der Waals surface area contributed by atoms with Crippen molar-refractivity contribution in [3.63, 3.8) is 0 Å². The zero-order valence-electron chi connectivity index (χ0n) is 16.4. The van der Waals surface area contributed by atoms with Gasteiger partial charge in [0.25, 0.3) is 0 Å². The van der Waals surface area contributed by atoms with E-state index >= 15 is 0 Å². The van der Waals surface area contributed by atoms with Gasteiger partial charge in [0.1, 0.15) is 11.0 Å². The molecule has 27 heavy (non-hydrogen) atoms. The molecule has 6 heteroatoms. The molecule has 1 aromatic rings. The third-order valence-corrected chi connectivity index (χ3v) is 6.56. The molecule has 148 valence electrons. The molecule has 1 amide bonds. The van der Waals surface area contributed by atoms with Crippen molar-refractivity contribution in [1.82, 2.24) is 4.90 Å². The average molecular weight is 438 g/mol. The molecule has 1 aromatic carbocycles. The van der Waals surface area contributed by atoms with Gasteiger partial charge in [0, 0.05) is 23.9 Å². The minimum atomic E-state index is -1.53. The van der Waals surface area contributed by atoms with Crippen molar-refractivity contribution in [3.8, 4) is 0 Å². The van der Waals surface area contributed by atoms with E-state index in [9.17, 15) is 14.7 Å². The molecular weight excluding hydrogens is 410 g/mol. The van der Waals surface area contributed by atoms with Crippen molar-refractivity contribution >= 4 is 27.8 Å². The Balaban J connectivity index is 1.97. The number of halogens is 1. The minimum Gasteiger partial charge on any atom is -0.459 e. The van der Waals surface area contributed by atoms with Gasteiger partial charge in [-0.2, -0.15) is 0 Å².